The van der Waals surface area contributed by atoms with Gasteiger partial charge in [0, 0.05) is 6.07 Å². The molecule has 0 aliphatic carbocycles. The van der Waals surface area contributed by atoms with Crippen molar-refractivity contribution < 1.29 is 29.5 Å². The summed E-state index contributed by atoms with van der Waals surface area (Å²) in [4.78, 5) is 31.3. The average molecular weight is 282 g/mol. The molecule has 0 saturated heterocycles. The summed E-state index contributed by atoms with van der Waals surface area (Å²) in [5.41, 5.74) is -0.760. The van der Waals surface area contributed by atoms with Crippen LogP contribution in [0.1, 0.15) is 0 Å². The first kappa shape index (κ1) is 15.0. The standard InChI is InChI=1S/C11H10N2O7/c1-20-9-4-6(13(18)19)2-3-7(9)12-8(11(16)17)5-10(14)15/h2-5,12H,1H3,(H,14,15)(H,16,17). The number of carbonyl (C=O) groups is 2. The van der Waals surface area contributed by atoms with Crippen LogP contribution in [0.3, 0.4) is 0 Å². The van der Waals surface area contributed by atoms with Crippen LogP contribution in [0.25, 0.3) is 0 Å². The first-order valence-electron chi connectivity index (χ1n) is 5.12. The molecule has 0 bridgehead atoms. The van der Waals surface area contributed by atoms with E-state index in [1.807, 2.05) is 0 Å². The van der Waals surface area contributed by atoms with Crippen molar-refractivity contribution in [2.24, 2.45) is 0 Å². The fourth-order valence-electron chi connectivity index (χ4n) is 1.32. The van der Waals surface area contributed by atoms with Gasteiger partial charge < -0.3 is 20.3 Å². The Labute approximate surface area is 112 Å². The Hall–Kier alpha value is -3.10. The van der Waals surface area contributed by atoms with Gasteiger partial charge in [0.15, 0.2) is 0 Å². The van der Waals surface area contributed by atoms with Gasteiger partial charge in [-0.25, -0.2) is 9.59 Å². The fraction of sp³-hybridized carbons (Fsp3) is 0.0909. The maximum absolute atomic E-state index is 10.9. The molecule has 0 amide bonds. The number of ether oxygens (including phenoxy) is 1. The minimum absolute atomic E-state index is 0.0109. The van der Waals surface area contributed by atoms with Gasteiger partial charge in [-0.15, -0.1) is 0 Å². The highest BCUT2D eigenvalue weighted by molar-refractivity contribution is 5.97. The largest absolute Gasteiger partial charge is 0.494 e. The number of nitro benzene ring substituents is 1. The molecule has 9 heteroatoms. The van der Waals surface area contributed by atoms with Crippen LogP contribution in [-0.4, -0.2) is 34.2 Å². The van der Waals surface area contributed by atoms with Crippen molar-refractivity contribution >= 4 is 23.3 Å². The molecular weight excluding hydrogens is 272 g/mol. The number of carboxylic acid groups (broad SMARTS) is 2. The first-order valence-corrected chi connectivity index (χ1v) is 5.12. The van der Waals surface area contributed by atoms with E-state index in [2.05, 4.69) is 5.32 Å². The van der Waals surface area contributed by atoms with Gasteiger partial charge in [-0.1, -0.05) is 0 Å². The molecule has 0 aliphatic heterocycles. The van der Waals surface area contributed by atoms with Crippen LogP contribution in [0.15, 0.2) is 30.0 Å². The predicted molar refractivity (Wildman–Crippen MR) is 66.6 cm³/mol. The number of hydrogen-bond acceptors (Lipinski definition) is 6. The number of nitrogens with one attached hydrogen (secondary N) is 1. The number of non-ortho nitro benzene ring substituents is 1. The Morgan fingerprint density at radius 3 is 2.50 bits per heavy atom. The van der Waals surface area contributed by atoms with Crippen molar-refractivity contribution in [3.8, 4) is 5.75 Å². The lowest BCUT2D eigenvalue weighted by Gasteiger charge is -2.10. The van der Waals surface area contributed by atoms with Crippen molar-refractivity contribution in [3.63, 3.8) is 0 Å². The van der Waals surface area contributed by atoms with E-state index < -0.39 is 22.6 Å². The summed E-state index contributed by atoms with van der Waals surface area (Å²) in [6.07, 6.45) is 0.461. The molecule has 0 aromatic heterocycles. The minimum Gasteiger partial charge on any atom is -0.494 e. The van der Waals surface area contributed by atoms with E-state index in [1.54, 1.807) is 0 Å². The van der Waals surface area contributed by atoms with Crippen molar-refractivity contribution in [2.45, 2.75) is 0 Å². The molecule has 1 rings (SSSR count). The first-order chi connectivity index (χ1) is 9.35. The summed E-state index contributed by atoms with van der Waals surface area (Å²) in [7, 11) is 1.24. The summed E-state index contributed by atoms with van der Waals surface area (Å²) in [6.45, 7) is 0. The zero-order valence-electron chi connectivity index (χ0n) is 10.2. The summed E-state index contributed by atoms with van der Waals surface area (Å²) in [5, 5.41) is 30.3. The lowest BCUT2D eigenvalue weighted by atomic mass is 10.2. The molecule has 0 spiro atoms. The molecule has 0 fully saturated rings. The Morgan fingerprint density at radius 1 is 1.40 bits per heavy atom. The summed E-state index contributed by atoms with van der Waals surface area (Å²) in [5.74, 6) is -2.93. The molecule has 3 N–H and O–H groups in total. The number of rotatable bonds is 6. The number of methoxy groups -OCH3 is 1. The molecule has 0 saturated carbocycles. The van der Waals surface area contributed by atoms with Crippen LogP contribution in [0.4, 0.5) is 11.4 Å². The molecule has 9 nitrogen and oxygen atoms in total. The molecule has 1 aromatic carbocycles. The lowest BCUT2D eigenvalue weighted by Crippen LogP contribution is -2.13. The minimum atomic E-state index is -1.49. The molecule has 106 valence electrons. The van der Waals surface area contributed by atoms with E-state index in [1.165, 1.54) is 13.2 Å². The van der Waals surface area contributed by atoms with Gasteiger partial charge in [-0.2, -0.15) is 0 Å². The number of hydrogen-bond donors (Lipinski definition) is 3. The summed E-state index contributed by atoms with van der Waals surface area (Å²) >= 11 is 0. The van der Waals surface area contributed by atoms with E-state index in [-0.39, 0.29) is 17.1 Å². The Kier molecular flexibility index (Phi) is 4.62. The Bertz CT molecular complexity index is 594. The summed E-state index contributed by atoms with van der Waals surface area (Å²) < 4.78 is 4.89. The van der Waals surface area contributed by atoms with Gasteiger partial charge in [0.05, 0.1) is 29.9 Å². The second-order valence-electron chi connectivity index (χ2n) is 3.47. The van der Waals surface area contributed by atoms with Crippen molar-refractivity contribution in [1.29, 1.82) is 0 Å². The van der Waals surface area contributed by atoms with E-state index >= 15 is 0 Å². The molecule has 0 radical (unpaired) electrons. The lowest BCUT2D eigenvalue weighted by molar-refractivity contribution is -0.384. The predicted octanol–water partition coefficient (Wildman–Crippen LogP) is 1.07. The van der Waals surface area contributed by atoms with Crippen molar-refractivity contribution in [3.05, 3.63) is 40.1 Å². The third-order valence-electron chi connectivity index (χ3n) is 2.16. The van der Waals surface area contributed by atoms with Gasteiger partial charge in [-0.05, 0) is 6.07 Å². The maximum atomic E-state index is 10.9. The number of nitrogens with zero attached hydrogens (tertiary/aromatic N) is 1. The topological polar surface area (TPSA) is 139 Å². The van der Waals surface area contributed by atoms with E-state index in [0.717, 1.165) is 12.1 Å². The quantitative estimate of drug-likeness (QED) is 0.400. The van der Waals surface area contributed by atoms with E-state index in [0.29, 0.717) is 6.08 Å². The van der Waals surface area contributed by atoms with Crippen LogP contribution in [0, 0.1) is 10.1 Å². The SMILES string of the molecule is COc1cc([N+](=O)[O-])ccc1NC(=CC(=O)O)C(=O)O. The molecule has 1 aromatic rings. The Morgan fingerprint density at radius 2 is 2.05 bits per heavy atom. The molecule has 0 heterocycles. The third-order valence-corrected chi connectivity index (χ3v) is 2.16. The zero-order valence-corrected chi connectivity index (χ0v) is 10.2. The highest BCUT2D eigenvalue weighted by Crippen LogP contribution is 2.29. The monoisotopic (exact) mass is 282 g/mol. The van der Waals surface area contributed by atoms with E-state index in [9.17, 15) is 19.7 Å². The average Bonchev–Trinajstić information content (AvgIpc) is 2.37. The number of aliphatic carboxylic acids is 2. The Balaban J connectivity index is 3.16. The van der Waals surface area contributed by atoms with Crippen LogP contribution in [0.5, 0.6) is 5.75 Å². The molecule has 0 aliphatic rings. The smallest absolute Gasteiger partial charge is 0.352 e. The molecule has 0 unspecified atom stereocenters. The molecular formula is C11H10N2O7. The van der Waals surface area contributed by atoms with Crippen LogP contribution < -0.4 is 10.1 Å². The number of carboxylic acids is 2. The van der Waals surface area contributed by atoms with Crippen molar-refractivity contribution in [1.82, 2.24) is 0 Å². The van der Waals surface area contributed by atoms with Gasteiger partial charge in [-0.3, -0.25) is 10.1 Å². The van der Waals surface area contributed by atoms with E-state index in [4.69, 9.17) is 14.9 Å². The van der Waals surface area contributed by atoms with Gasteiger partial charge >= 0.3 is 11.9 Å². The van der Waals surface area contributed by atoms with Crippen LogP contribution >= 0.6 is 0 Å². The second kappa shape index (κ2) is 6.18. The van der Waals surface area contributed by atoms with Gasteiger partial charge in [0.2, 0.25) is 0 Å². The van der Waals surface area contributed by atoms with Crippen molar-refractivity contribution in [2.75, 3.05) is 12.4 Å². The molecule has 0 atom stereocenters. The van der Waals surface area contributed by atoms with Gasteiger partial charge in [0.1, 0.15) is 11.4 Å². The fourth-order valence-corrected chi connectivity index (χ4v) is 1.32. The third kappa shape index (κ3) is 3.70. The van der Waals surface area contributed by atoms with Crippen LogP contribution in [0.2, 0.25) is 0 Å². The highest BCUT2D eigenvalue weighted by atomic mass is 16.6. The maximum Gasteiger partial charge on any atom is 0.352 e. The van der Waals surface area contributed by atoms with Gasteiger partial charge in [0.25, 0.3) is 5.69 Å². The molecule has 20 heavy (non-hydrogen) atoms. The summed E-state index contributed by atoms with van der Waals surface area (Å²) in [6, 6.07) is 3.43. The van der Waals surface area contributed by atoms with Crippen LogP contribution in [-0.2, 0) is 9.59 Å². The highest BCUT2D eigenvalue weighted by Gasteiger charge is 2.15. The number of benzene rings is 1. The zero-order chi connectivity index (χ0) is 15.3. The number of nitro groups is 1. The second-order valence-corrected chi connectivity index (χ2v) is 3.47. The number of anilines is 1. The normalized spacial score (nSPS) is 10.8.